The molecule has 5 rings (SSSR count). The third-order valence-electron chi connectivity index (χ3n) is 10.3. The Hall–Kier alpha value is -2.45. The zero-order valence-corrected chi connectivity index (χ0v) is 23.9. The van der Waals surface area contributed by atoms with Gasteiger partial charge in [-0.3, -0.25) is 4.98 Å². The van der Waals surface area contributed by atoms with Gasteiger partial charge in [0.05, 0.1) is 22.4 Å². The van der Waals surface area contributed by atoms with Crippen molar-refractivity contribution < 1.29 is 22.5 Å². The van der Waals surface area contributed by atoms with E-state index in [-0.39, 0.29) is 21.8 Å². The number of rotatable bonds is 2. The molecule has 38 heavy (non-hydrogen) atoms. The zero-order valence-electron chi connectivity index (χ0n) is 23.9. The van der Waals surface area contributed by atoms with E-state index in [1.807, 2.05) is 33.8 Å². The molecule has 0 spiro atoms. The maximum absolute atomic E-state index is 13.7. The number of hydrogen-bond donors (Lipinski definition) is 0. The van der Waals surface area contributed by atoms with Crippen LogP contribution in [0.2, 0.25) is 0 Å². The summed E-state index contributed by atoms with van der Waals surface area (Å²) in [6.07, 6.45) is -3.03. The summed E-state index contributed by atoms with van der Waals surface area (Å²) in [5.41, 5.74) is 2.05. The molecule has 2 aliphatic rings. The average Bonchev–Trinajstić information content (AvgIpc) is 3.08. The summed E-state index contributed by atoms with van der Waals surface area (Å²) in [5, 5.41) is 0.527. The lowest BCUT2D eigenvalue weighted by Crippen LogP contribution is -2.42. The van der Waals surface area contributed by atoms with Gasteiger partial charge in [-0.05, 0) is 73.3 Å². The third-order valence-corrected chi connectivity index (χ3v) is 10.3. The van der Waals surface area contributed by atoms with Crippen molar-refractivity contribution in [3.8, 4) is 11.3 Å². The van der Waals surface area contributed by atoms with Gasteiger partial charge in [0.2, 0.25) is 0 Å². The Balaban J connectivity index is 1.72. The summed E-state index contributed by atoms with van der Waals surface area (Å²) >= 11 is 0. The van der Waals surface area contributed by atoms with Crippen molar-refractivity contribution in [2.24, 2.45) is 5.41 Å². The zero-order chi connectivity index (χ0) is 28.3. The van der Waals surface area contributed by atoms with Gasteiger partial charge in [0, 0.05) is 22.6 Å². The second-order valence-electron chi connectivity index (χ2n) is 13.4. The summed E-state index contributed by atoms with van der Waals surface area (Å²) in [4.78, 5) is 8.87. The van der Waals surface area contributed by atoms with Crippen LogP contribution in [0.25, 0.3) is 22.2 Å². The van der Waals surface area contributed by atoms with E-state index in [0.29, 0.717) is 16.5 Å². The lowest BCUT2D eigenvalue weighted by Gasteiger charge is -2.44. The fraction of sp³-hybridized carbons (Fsp3) is 0.533. The summed E-state index contributed by atoms with van der Waals surface area (Å²) in [6, 6.07) is 8.81. The molecule has 8 heteroatoms. The summed E-state index contributed by atoms with van der Waals surface area (Å²) in [7, 11) is -0.888. The van der Waals surface area contributed by atoms with Gasteiger partial charge in [0.25, 0.3) is 0 Å². The summed E-state index contributed by atoms with van der Waals surface area (Å²) in [6.45, 7) is 21.3. The largest absolute Gasteiger partial charge is 0.498 e. The number of nitrogens with zero attached hydrogens (tertiary/aromatic N) is 2. The minimum atomic E-state index is -4.58. The molecule has 4 nitrogen and oxygen atoms in total. The maximum atomic E-state index is 13.7. The van der Waals surface area contributed by atoms with Crippen molar-refractivity contribution in [2.45, 2.75) is 97.4 Å². The Bertz CT molecular complexity index is 1440. The van der Waals surface area contributed by atoms with Crippen molar-refractivity contribution in [1.29, 1.82) is 0 Å². The van der Waals surface area contributed by atoms with Gasteiger partial charge in [-0.2, -0.15) is 13.2 Å². The van der Waals surface area contributed by atoms with Crippen LogP contribution in [-0.2, 0) is 26.3 Å². The van der Waals surface area contributed by atoms with Crippen LogP contribution in [0.1, 0.15) is 86.1 Å². The maximum Gasteiger partial charge on any atom is 0.498 e. The van der Waals surface area contributed by atoms with E-state index in [1.54, 1.807) is 6.20 Å². The average molecular weight is 524 g/mol. The second-order valence-corrected chi connectivity index (χ2v) is 13.4. The highest BCUT2D eigenvalue weighted by Gasteiger charge is 2.57. The monoisotopic (exact) mass is 524 g/mol. The molecule has 202 valence electrons. The van der Waals surface area contributed by atoms with Gasteiger partial charge in [-0.15, -0.1) is 0 Å². The molecule has 0 amide bonds. The molecule has 1 saturated heterocycles. The molecule has 0 radical (unpaired) electrons. The molecular formula is C30H36BF3N2O2. The van der Waals surface area contributed by atoms with Gasteiger partial charge in [-0.1, -0.05) is 53.7 Å². The van der Waals surface area contributed by atoms with Crippen LogP contribution < -0.4 is 5.46 Å². The highest BCUT2D eigenvalue weighted by atomic mass is 19.4. The smallest absolute Gasteiger partial charge is 0.399 e. The molecule has 1 aliphatic carbocycles. The number of halogens is 3. The normalized spacial score (nSPS) is 22.6. The van der Waals surface area contributed by atoms with Gasteiger partial charge < -0.3 is 9.31 Å². The Morgan fingerprint density at radius 3 is 1.92 bits per heavy atom. The van der Waals surface area contributed by atoms with Crippen LogP contribution in [-0.4, -0.2) is 28.3 Å². The first-order valence-electron chi connectivity index (χ1n) is 13.1. The highest BCUT2D eigenvalue weighted by molar-refractivity contribution is 6.65. The molecule has 1 fully saturated rings. The van der Waals surface area contributed by atoms with Crippen LogP contribution in [0.15, 0.2) is 36.5 Å². The van der Waals surface area contributed by atoms with Crippen LogP contribution in [0.3, 0.4) is 0 Å². The lowest BCUT2D eigenvalue weighted by molar-refractivity contribution is -0.140. The van der Waals surface area contributed by atoms with E-state index < -0.39 is 30.2 Å². The van der Waals surface area contributed by atoms with E-state index >= 15 is 0 Å². The van der Waals surface area contributed by atoms with E-state index in [1.165, 1.54) is 17.2 Å². The Labute approximate surface area is 223 Å². The lowest BCUT2D eigenvalue weighted by atomic mass is 9.59. The van der Waals surface area contributed by atoms with Gasteiger partial charge >= 0.3 is 13.3 Å². The van der Waals surface area contributed by atoms with Crippen LogP contribution in [0.5, 0.6) is 0 Å². The number of benzene rings is 1. The quantitative estimate of drug-likeness (QED) is 0.333. The Kier molecular flexibility index (Phi) is 5.58. The Morgan fingerprint density at radius 2 is 1.34 bits per heavy atom. The van der Waals surface area contributed by atoms with Crippen LogP contribution >= 0.6 is 0 Å². The molecule has 0 atom stereocenters. The van der Waals surface area contributed by atoms with Crippen molar-refractivity contribution in [1.82, 2.24) is 9.97 Å². The van der Waals surface area contributed by atoms with E-state index in [4.69, 9.17) is 14.3 Å². The first kappa shape index (κ1) is 27.1. The summed E-state index contributed by atoms with van der Waals surface area (Å²) < 4.78 is 53.6. The molecule has 1 aliphatic heterocycles. The fourth-order valence-corrected chi connectivity index (χ4v) is 5.87. The third kappa shape index (κ3) is 3.59. The van der Waals surface area contributed by atoms with Gasteiger partial charge in [0.1, 0.15) is 5.69 Å². The molecule has 2 aromatic heterocycles. The van der Waals surface area contributed by atoms with E-state index in [9.17, 15) is 13.2 Å². The SMILES string of the molecule is CC1(C)OB(c2cnc(-c3ccc4c(c3)C(C)(C)C(C)(C)C4(C)C)c3ccc(C(F)(F)F)nc23)OC1(C)C. The molecule has 0 saturated carbocycles. The number of hydrogen-bond acceptors (Lipinski definition) is 4. The first-order valence-corrected chi connectivity index (χ1v) is 13.1. The predicted octanol–water partition coefficient (Wildman–Crippen LogP) is 7.21. The van der Waals surface area contributed by atoms with Crippen molar-refractivity contribution in [3.63, 3.8) is 0 Å². The van der Waals surface area contributed by atoms with Crippen molar-refractivity contribution in [3.05, 3.63) is 53.3 Å². The number of alkyl halides is 3. The predicted molar refractivity (Wildman–Crippen MR) is 146 cm³/mol. The standard InChI is InChI=1S/C30H36BF3N2O2/c1-25(2)19-13-11-17(15-20(19)26(3,4)27(25,5)6)23-18-12-14-22(30(32,33)34)36-24(18)21(16-35-23)31-37-28(7,8)29(9,10)38-31/h11-16H,1-10H3. The minimum Gasteiger partial charge on any atom is -0.399 e. The number of pyridine rings is 2. The number of aromatic nitrogens is 2. The number of fused-ring (bicyclic) bond motifs is 2. The molecule has 0 bridgehead atoms. The van der Waals surface area contributed by atoms with E-state index in [0.717, 1.165) is 11.6 Å². The van der Waals surface area contributed by atoms with Crippen molar-refractivity contribution >= 4 is 23.5 Å². The molecule has 0 unspecified atom stereocenters. The van der Waals surface area contributed by atoms with Crippen molar-refractivity contribution in [2.75, 3.05) is 0 Å². The van der Waals surface area contributed by atoms with Crippen LogP contribution in [0.4, 0.5) is 13.2 Å². The topological polar surface area (TPSA) is 44.2 Å². The molecule has 0 N–H and O–H groups in total. The molecular weight excluding hydrogens is 488 g/mol. The van der Waals surface area contributed by atoms with Gasteiger partial charge in [-0.25, -0.2) is 4.98 Å². The highest BCUT2D eigenvalue weighted by Crippen LogP contribution is 2.61. The Morgan fingerprint density at radius 1 is 0.763 bits per heavy atom. The van der Waals surface area contributed by atoms with Gasteiger partial charge in [0.15, 0.2) is 0 Å². The molecule has 3 aromatic rings. The first-order chi connectivity index (χ1) is 17.2. The molecule has 3 heterocycles. The second kappa shape index (κ2) is 7.82. The van der Waals surface area contributed by atoms with Crippen LogP contribution in [0, 0.1) is 5.41 Å². The fourth-order valence-electron chi connectivity index (χ4n) is 5.87. The summed E-state index contributed by atoms with van der Waals surface area (Å²) in [5.74, 6) is 0. The molecule has 1 aromatic carbocycles. The van der Waals surface area contributed by atoms with E-state index in [2.05, 4.69) is 58.7 Å². The minimum absolute atomic E-state index is 0.0137.